The summed E-state index contributed by atoms with van der Waals surface area (Å²) in [4.78, 5) is 13.1. The van der Waals surface area contributed by atoms with Crippen molar-refractivity contribution in [2.75, 3.05) is 0 Å². The molecule has 0 spiro atoms. The molecule has 108 valence electrons. The molecule has 1 rings (SSSR count). The summed E-state index contributed by atoms with van der Waals surface area (Å²) in [6.07, 6.45) is 0.442. The molecule has 1 fully saturated rings. The SMILES string of the molecule is [B]B([B])B([B])B(B([B])[B])B([B])[B].[N-]=[N+]=NC1CCC(CC(=O)O)CC1. The number of carbonyl (C=O) groups is 1. The zero-order valence-electron chi connectivity index (χ0n) is 14.3. The molecule has 0 aromatic carbocycles. The highest BCUT2D eigenvalue weighted by atomic mass is 16.4. The van der Waals surface area contributed by atoms with E-state index in [1.165, 1.54) is 0 Å². The number of aliphatic carboxylic acids is 1. The fourth-order valence-electron chi connectivity index (χ4n) is 2.81. The van der Waals surface area contributed by atoms with E-state index in [4.69, 9.17) is 64.8 Å². The topological polar surface area (TPSA) is 86.1 Å². The first kappa shape index (κ1) is 24.6. The molecule has 0 atom stereocenters. The Kier molecular flexibility index (Phi) is 12.6. The molecule has 1 N–H and O–H groups in total. The van der Waals surface area contributed by atoms with Crippen LogP contribution in [0.15, 0.2) is 5.11 Å². The Morgan fingerprint density at radius 3 is 1.76 bits per heavy atom. The van der Waals surface area contributed by atoms with E-state index in [0.29, 0.717) is 0 Å². The van der Waals surface area contributed by atoms with E-state index in [-0.39, 0.29) is 18.4 Å². The molecule has 25 heavy (non-hydrogen) atoms. The van der Waals surface area contributed by atoms with Gasteiger partial charge < -0.3 is 5.11 Å². The van der Waals surface area contributed by atoms with E-state index >= 15 is 0 Å². The summed E-state index contributed by atoms with van der Waals surface area (Å²) in [5, 5.41) is 12.2. The van der Waals surface area contributed by atoms with Crippen molar-refractivity contribution >= 4 is 92.1 Å². The molecule has 0 aromatic rings. The van der Waals surface area contributed by atoms with Gasteiger partial charge in [-0.25, -0.2) is 0 Å². The van der Waals surface area contributed by atoms with Crippen molar-refractivity contribution in [2.45, 2.75) is 38.1 Å². The Morgan fingerprint density at radius 2 is 1.48 bits per heavy atom. The van der Waals surface area contributed by atoms with Crippen LogP contribution in [-0.2, 0) is 4.79 Å². The molecule has 1 aliphatic rings. The minimum Gasteiger partial charge on any atom is -0.481 e. The van der Waals surface area contributed by atoms with Crippen LogP contribution >= 0.6 is 0 Å². The molecular weight excluding hydrogens is 300 g/mol. The third kappa shape index (κ3) is 10.3. The Hall–Kier alpha value is -0.441. The van der Waals surface area contributed by atoms with Gasteiger partial charge in [0.25, 0.3) is 0 Å². The van der Waals surface area contributed by atoms with Crippen LogP contribution in [0.4, 0.5) is 0 Å². The highest BCUT2D eigenvalue weighted by Gasteiger charge is 2.30. The number of hydrogen-bond donors (Lipinski definition) is 1. The van der Waals surface area contributed by atoms with E-state index in [9.17, 15) is 4.79 Å². The molecule has 0 bridgehead atoms. The number of carboxylic acid groups (broad SMARTS) is 1. The second-order valence-electron chi connectivity index (χ2n) is 6.36. The van der Waals surface area contributed by atoms with E-state index < -0.39 is 37.9 Å². The second kappa shape index (κ2) is 12.8. The molecule has 1 aliphatic carbocycles. The Labute approximate surface area is 161 Å². The summed E-state index contributed by atoms with van der Waals surface area (Å²) >= 11 is 0. The van der Waals surface area contributed by atoms with E-state index in [1.54, 1.807) is 0 Å². The fourth-order valence-corrected chi connectivity index (χ4v) is 2.81. The monoisotopic (exact) mass is 315 g/mol. The predicted octanol–water partition coefficient (Wildman–Crippen LogP) is -2.24. The van der Waals surface area contributed by atoms with Crippen molar-refractivity contribution in [3.63, 3.8) is 0 Å². The van der Waals surface area contributed by atoms with Crippen LogP contribution in [0.25, 0.3) is 10.4 Å². The molecule has 5 nitrogen and oxygen atoms in total. The first-order valence-corrected chi connectivity index (χ1v) is 8.15. The van der Waals surface area contributed by atoms with Crippen LogP contribution in [0, 0.1) is 5.92 Å². The van der Waals surface area contributed by atoms with Gasteiger partial charge in [-0.05, 0) is 37.1 Å². The number of rotatable bonds is 7. The van der Waals surface area contributed by atoms with Crippen LogP contribution in [-0.4, -0.2) is 103 Å². The maximum atomic E-state index is 10.4. The highest BCUT2D eigenvalue weighted by molar-refractivity contribution is 8.05. The van der Waals surface area contributed by atoms with Crippen molar-refractivity contribution in [3.8, 4) is 0 Å². The van der Waals surface area contributed by atoms with Gasteiger partial charge in [0, 0.05) is 103 Å². The van der Waals surface area contributed by atoms with Crippen LogP contribution in [0.1, 0.15) is 32.1 Å². The zero-order chi connectivity index (χ0) is 19.6. The van der Waals surface area contributed by atoms with Crippen molar-refractivity contribution < 1.29 is 9.90 Å². The average molecular weight is 313 g/mol. The largest absolute Gasteiger partial charge is 0.481 e. The van der Waals surface area contributed by atoms with Gasteiger partial charge in [-0.2, -0.15) is 0 Å². The molecule has 17 heteroatoms. The van der Waals surface area contributed by atoms with Gasteiger partial charge >= 0.3 is 5.97 Å². The number of hydrogen-bond acceptors (Lipinski definition) is 2. The molecule has 1 saturated carbocycles. The molecule has 0 amide bonds. The molecular formula is C8H13B12N3O2. The van der Waals surface area contributed by atoms with E-state index in [1.807, 2.05) is 0 Å². The normalized spacial score (nSPS) is 18.6. The van der Waals surface area contributed by atoms with Gasteiger partial charge in [-0.3, -0.25) is 4.79 Å². The maximum Gasteiger partial charge on any atom is 0.303 e. The lowest BCUT2D eigenvalue weighted by Crippen LogP contribution is -2.67. The lowest BCUT2D eigenvalue weighted by Gasteiger charge is -2.29. The summed E-state index contributed by atoms with van der Waals surface area (Å²) in [5.74, 6) is -0.449. The van der Waals surface area contributed by atoms with Gasteiger partial charge in [-0.15, -0.1) is 0 Å². The van der Waals surface area contributed by atoms with Crippen LogP contribution in [0.3, 0.4) is 0 Å². The summed E-state index contributed by atoms with van der Waals surface area (Å²) in [7, 11) is 37.9. The Morgan fingerprint density at radius 1 is 1.00 bits per heavy atom. The molecule has 0 aliphatic heterocycles. The Bertz CT molecular complexity index is 432. The standard InChI is InChI=1S/C8H13N3O2.B12/c9-11-10-7-3-1-6(2-4-7)5-8(12)13;1-8(2)11(7)12(9(3)4)10(5)6/h6-7H,1-5H2,(H,12,13);. The molecule has 0 unspecified atom stereocenters. The average Bonchev–Trinajstić information content (AvgIpc) is 2.48. The van der Waals surface area contributed by atoms with Gasteiger partial charge in [-0.1, -0.05) is 5.11 Å². The molecule has 14 radical (unpaired) electrons. The summed E-state index contributed by atoms with van der Waals surface area (Å²) in [6.45, 7) is 0. The number of nitrogens with zero attached hydrogens (tertiary/aromatic N) is 3. The van der Waals surface area contributed by atoms with Crippen molar-refractivity contribution in [1.82, 2.24) is 0 Å². The minimum atomic E-state index is -0.729. The van der Waals surface area contributed by atoms with Gasteiger partial charge in [0.15, 0.2) is 0 Å². The fraction of sp³-hybridized carbons (Fsp3) is 0.875. The number of azide groups is 1. The molecule has 0 saturated heterocycles. The number of carboxylic acids is 1. The first-order chi connectivity index (χ1) is 11.6. The summed E-state index contributed by atoms with van der Waals surface area (Å²) in [6, 6.07) is 0.0926. The quantitative estimate of drug-likeness (QED) is 0.249. The highest BCUT2D eigenvalue weighted by Crippen LogP contribution is 2.28. The van der Waals surface area contributed by atoms with E-state index in [0.717, 1.165) is 25.7 Å². The first-order valence-electron chi connectivity index (χ1n) is 8.15. The van der Waals surface area contributed by atoms with Gasteiger partial charge in [0.05, 0.1) is 0 Å². The van der Waals surface area contributed by atoms with Crippen molar-refractivity contribution in [3.05, 3.63) is 10.4 Å². The zero-order valence-corrected chi connectivity index (χ0v) is 14.3. The summed E-state index contributed by atoms with van der Waals surface area (Å²) in [5.41, 5.74) is 8.19. The lowest BCUT2D eigenvalue weighted by molar-refractivity contribution is -0.138. The van der Waals surface area contributed by atoms with Crippen molar-refractivity contribution in [1.29, 1.82) is 0 Å². The van der Waals surface area contributed by atoms with Crippen LogP contribution < -0.4 is 0 Å². The Balaban J connectivity index is 0.000000463. The third-order valence-corrected chi connectivity index (χ3v) is 4.27. The smallest absolute Gasteiger partial charge is 0.303 e. The second-order valence-corrected chi connectivity index (χ2v) is 6.36. The van der Waals surface area contributed by atoms with Crippen LogP contribution in [0.5, 0.6) is 0 Å². The lowest BCUT2D eigenvalue weighted by atomic mass is 8.53. The van der Waals surface area contributed by atoms with Crippen molar-refractivity contribution in [2.24, 2.45) is 11.0 Å². The molecule has 0 heterocycles. The maximum absolute atomic E-state index is 10.4. The van der Waals surface area contributed by atoms with Gasteiger partial charge in [0.2, 0.25) is 0 Å². The van der Waals surface area contributed by atoms with Crippen LogP contribution in [0.2, 0.25) is 0 Å². The summed E-state index contributed by atoms with van der Waals surface area (Å²) < 4.78 is 0. The molecule has 0 aromatic heterocycles. The third-order valence-electron chi connectivity index (χ3n) is 4.27. The van der Waals surface area contributed by atoms with E-state index in [2.05, 4.69) is 10.0 Å². The van der Waals surface area contributed by atoms with Gasteiger partial charge in [0.1, 0.15) is 0 Å². The predicted molar refractivity (Wildman–Crippen MR) is 116 cm³/mol. The minimum absolute atomic E-state index is 0.0926.